The maximum atomic E-state index is 13.0. The number of fused-ring (bicyclic) bond motifs is 1. The Hall–Kier alpha value is -2.74. The highest BCUT2D eigenvalue weighted by Gasteiger charge is 2.36. The van der Waals surface area contributed by atoms with Gasteiger partial charge < -0.3 is 14.8 Å². The normalized spacial score (nSPS) is 16.9. The van der Waals surface area contributed by atoms with E-state index >= 15 is 0 Å². The SMILES string of the molecule is CCC(NC(=O)C1CN(S(=O)(=O)CC)c2ccccc2O1)c1ccc(OC)c(C)c1. The summed E-state index contributed by atoms with van der Waals surface area (Å²) in [5.74, 6) is 0.765. The third-order valence-electron chi connectivity index (χ3n) is 5.27. The number of hydrogen-bond donors (Lipinski definition) is 1. The monoisotopic (exact) mass is 432 g/mol. The average molecular weight is 433 g/mol. The molecule has 8 heteroatoms. The number of sulfonamides is 1. The highest BCUT2D eigenvalue weighted by Crippen LogP contribution is 2.35. The second-order valence-electron chi connectivity index (χ2n) is 7.20. The number of aryl methyl sites for hydroxylation is 1. The van der Waals surface area contributed by atoms with E-state index in [-0.39, 0.29) is 24.2 Å². The molecule has 7 nitrogen and oxygen atoms in total. The molecule has 0 fully saturated rings. The van der Waals surface area contributed by atoms with Gasteiger partial charge in [0, 0.05) is 0 Å². The molecule has 0 radical (unpaired) electrons. The number of benzene rings is 2. The van der Waals surface area contributed by atoms with Gasteiger partial charge in [0.05, 0.1) is 31.1 Å². The van der Waals surface area contributed by atoms with E-state index in [2.05, 4.69) is 5.32 Å². The van der Waals surface area contributed by atoms with Gasteiger partial charge in [-0.15, -0.1) is 0 Å². The minimum Gasteiger partial charge on any atom is -0.496 e. The van der Waals surface area contributed by atoms with Crippen LogP contribution in [0.4, 0.5) is 5.69 Å². The van der Waals surface area contributed by atoms with Crippen molar-refractivity contribution in [3.8, 4) is 11.5 Å². The summed E-state index contributed by atoms with van der Waals surface area (Å²) in [6.45, 7) is 5.46. The molecular formula is C22H28N2O5S. The van der Waals surface area contributed by atoms with Crippen LogP contribution in [-0.2, 0) is 14.8 Å². The number of rotatable bonds is 7. The molecule has 1 heterocycles. The molecule has 2 atom stereocenters. The average Bonchev–Trinajstić information content (AvgIpc) is 2.76. The van der Waals surface area contributed by atoms with Crippen molar-refractivity contribution in [1.82, 2.24) is 5.32 Å². The molecule has 0 spiro atoms. The van der Waals surface area contributed by atoms with Crippen LogP contribution in [0, 0.1) is 6.92 Å². The summed E-state index contributed by atoms with van der Waals surface area (Å²) in [6, 6.07) is 12.4. The Kier molecular flexibility index (Phi) is 6.55. The first-order chi connectivity index (χ1) is 14.3. The number of carbonyl (C=O) groups is 1. The van der Waals surface area contributed by atoms with Gasteiger partial charge in [0.25, 0.3) is 5.91 Å². The fourth-order valence-electron chi connectivity index (χ4n) is 3.56. The lowest BCUT2D eigenvalue weighted by Crippen LogP contribution is -2.51. The predicted molar refractivity (Wildman–Crippen MR) is 117 cm³/mol. The zero-order valence-corrected chi connectivity index (χ0v) is 18.5. The van der Waals surface area contributed by atoms with E-state index in [0.29, 0.717) is 17.9 Å². The molecule has 0 saturated carbocycles. The van der Waals surface area contributed by atoms with Gasteiger partial charge in [-0.25, -0.2) is 8.42 Å². The fraction of sp³-hybridized carbons (Fsp3) is 0.409. The molecule has 2 aromatic rings. The summed E-state index contributed by atoms with van der Waals surface area (Å²) in [5.41, 5.74) is 2.39. The maximum absolute atomic E-state index is 13.0. The van der Waals surface area contributed by atoms with Gasteiger partial charge in [-0.2, -0.15) is 0 Å². The highest BCUT2D eigenvalue weighted by atomic mass is 32.2. The number of amides is 1. The lowest BCUT2D eigenvalue weighted by molar-refractivity contribution is -0.128. The minimum absolute atomic E-state index is 0.0572. The highest BCUT2D eigenvalue weighted by molar-refractivity contribution is 7.92. The Morgan fingerprint density at radius 3 is 2.63 bits per heavy atom. The van der Waals surface area contributed by atoms with Crippen molar-refractivity contribution in [1.29, 1.82) is 0 Å². The number of methoxy groups -OCH3 is 1. The number of anilines is 1. The number of para-hydroxylation sites is 2. The predicted octanol–water partition coefficient (Wildman–Crippen LogP) is 3.19. The van der Waals surface area contributed by atoms with Crippen LogP contribution in [0.5, 0.6) is 11.5 Å². The lowest BCUT2D eigenvalue weighted by atomic mass is 10.0. The maximum Gasteiger partial charge on any atom is 0.263 e. The molecule has 1 aliphatic heterocycles. The summed E-state index contributed by atoms with van der Waals surface area (Å²) in [6.07, 6.45) is -0.257. The second-order valence-corrected chi connectivity index (χ2v) is 9.39. The summed E-state index contributed by atoms with van der Waals surface area (Å²) < 4.78 is 37.7. The Labute approximate surface area is 178 Å². The largest absolute Gasteiger partial charge is 0.496 e. The molecular weight excluding hydrogens is 404 g/mol. The van der Waals surface area contributed by atoms with Gasteiger partial charge in [0.1, 0.15) is 11.5 Å². The first-order valence-corrected chi connectivity index (χ1v) is 11.6. The van der Waals surface area contributed by atoms with Crippen molar-refractivity contribution in [2.75, 3.05) is 23.7 Å². The molecule has 2 unspecified atom stereocenters. The molecule has 0 bridgehead atoms. The van der Waals surface area contributed by atoms with E-state index in [1.54, 1.807) is 38.3 Å². The molecule has 1 aliphatic rings. The van der Waals surface area contributed by atoms with Crippen LogP contribution in [-0.4, -0.2) is 39.8 Å². The number of nitrogens with one attached hydrogen (secondary N) is 1. The molecule has 2 aromatic carbocycles. The van der Waals surface area contributed by atoms with E-state index in [0.717, 1.165) is 16.9 Å². The minimum atomic E-state index is -3.54. The van der Waals surface area contributed by atoms with Crippen LogP contribution in [0.15, 0.2) is 42.5 Å². The number of carbonyl (C=O) groups excluding carboxylic acids is 1. The van der Waals surface area contributed by atoms with Crippen LogP contribution in [0.3, 0.4) is 0 Å². The summed E-state index contributed by atoms with van der Waals surface area (Å²) in [5, 5.41) is 3.01. The van der Waals surface area contributed by atoms with Crippen LogP contribution < -0.4 is 19.1 Å². The molecule has 1 amide bonds. The Morgan fingerprint density at radius 2 is 2.00 bits per heavy atom. The van der Waals surface area contributed by atoms with Crippen LogP contribution >= 0.6 is 0 Å². The van der Waals surface area contributed by atoms with E-state index in [1.165, 1.54) is 4.31 Å². The molecule has 0 saturated heterocycles. The number of ether oxygens (including phenoxy) is 2. The summed E-state index contributed by atoms with van der Waals surface area (Å²) in [7, 11) is -1.92. The zero-order valence-electron chi connectivity index (χ0n) is 17.7. The molecule has 1 N–H and O–H groups in total. The van der Waals surface area contributed by atoms with Crippen molar-refractivity contribution in [2.24, 2.45) is 0 Å². The number of hydrogen-bond acceptors (Lipinski definition) is 5. The number of nitrogens with zero attached hydrogens (tertiary/aromatic N) is 1. The molecule has 30 heavy (non-hydrogen) atoms. The smallest absolute Gasteiger partial charge is 0.263 e. The van der Waals surface area contributed by atoms with Crippen LogP contribution in [0.2, 0.25) is 0 Å². The second kappa shape index (κ2) is 8.95. The molecule has 0 aromatic heterocycles. The van der Waals surface area contributed by atoms with Gasteiger partial charge in [0.2, 0.25) is 10.0 Å². The third-order valence-corrected chi connectivity index (χ3v) is 7.02. The van der Waals surface area contributed by atoms with E-state index in [1.807, 2.05) is 32.0 Å². The summed E-state index contributed by atoms with van der Waals surface area (Å²) >= 11 is 0. The van der Waals surface area contributed by atoms with Crippen LogP contribution in [0.1, 0.15) is 37.4 Å². The van der Waals surface area contributed by atoms with Gasteiger partial charge >= 0.3 is 0 Å². The lowest BCUT2D eigenvalue weighted by Gasteiger charge is -2.35. The Balaban J connectivity index is 1.83. The van der Waals surface area contributed by atoms with Crippen molar-refractivity contribution in [3.05, 3.63) is 53.6 Å². The van der Waals surface area contributed by atoms with Gasteiger partial charge in [0.15, 0.2) is 6.10 Å². The fourth-order valence-corrected chi connectivity index (χ4v) is 4.69. The van der Waals surface area contributed by atoms with Gasteiger partial charge in [-0.05, 0) is 49.6 Å². The van der Waals surface area contributed by atoms with Crippen molar-refractivity contribution < 1.29 is 22.7 Å². The van der Waals surface area contributed by atoms with Gasteiger partial charge in [-0.3, -0.25) is 9.10 Å². The Morgan fingerprint density at radius 1 is 1.27 bits per heavy atom. The zero-order chi connectivity index (χ0) is 21.9. The van der Waals surface area contributed by atoms with Gasteiger partial charge in [-0.1, -0.05) is 31.2 Å². The standard InChI is InChI=1S/C22H28N2O5S/c1-5-17(16-11-12-19(28-4)15(3)13-16)23-22(25)21-14-24(30(26,27)6-2)18-9-7-8-10-20(18)29-21/h7-13,17,21H,5-6,14H2,1-4H3,(H,23,25). The first kappa shape index (κ1) is 22.0. The quantitative estimate of drug-likeness (QED) is 0.726. The molecule has 3 rings (SSSR count). The first-order valence-electron chi connectivity index (χ1n) is 10.0. The van der Waals surface area contributed by atoms with E-state index in [4.69, 9.17) is 9.47 Å². The van der Waals surface area contributed by atoms with Crippen molar-refractivity contribution in [3.63, 3.8) is 0 Å². The molecule has 162 valence electrons. The van der Waals surface area contributed by atoms with E-state index < -0.39 is 16.1 Å². The summed E-state index contributed by atoms with van der Waals surface area (Å²) in [4.78, 5) is 13.0. The topological polar surface area (TPSA) is 84.9 Å². The van der Waals surface area contributed by atoms with Crippen molar-refractivity contribution >= 4 is 21.6 Å². The Bertz CT molecular complexity index is 1020. The molecule has 0 aliphatic carbocycles. The third kappa shape index (κ3) is 4.38. The van der Waals surface area contributed by atoms with E-state index in [9.17, 15) is 13.2 Å². The van der Waals surface area contributed by atoms with Crippen molar-refractivity contribution in [2.45, 2.75) is 39.3 Å². The van der Waals surface area contributed by atoms with Crippen LogP contribution in [0.25, 0.3) is 0 Å².